The molecule has 8 heteroatoms. The molecule has 3 aromatic rings. The predicted molar refractivity (Wildman–Crippen MR) is 94.8 cm³/mol. The van der Waals surface area contributed by atoms with Crippen LogP contribution in [0, 0.1) is 0 Å². The Hall–Kier alpha value is -2.61. The maximum absolute atomic E-state index is 12.6. The summed E-state index contributed by atoms with van der Waals surface area (Å²) in [5, 5.41) is 4.74. The number of rotatable bonds is 6. The van der Waals surface area contributed by atoms with Crippen LogP contribution in [0.1, 0.15) is 29.0 Å². The number of thioether (sulfide) groups is 1. The number of hydrogen-bond acceptors (Lipinski definition) is 6. The molecule has 0 aliphatic heterocycles. The minimum absolute atomic E-state index is 0.0986. The molecule has 0 spiro atoms. The van der Waals surface area contributed by atoms with Crippen LogP contribution in [0.25, 0.3) is 5.69 Å². The van der Waals surface area contributed by atoms with E-state index in [-0.39, 0.29) is 12.5 Å². The van der Waals surface area contributed by atoms with Crippen molar-refractivity contribution in [1.29, 1.82) is 0 Å². The van der Waals surface area contributed by atoms with Gasteiger partial charge in [0.15, 0.2) is 11.0 Å². The summed E-state index contributed by atoms with van der Waals surface area (Å²) in [6.07, 6.45) is 6.34. The molecule has 1 amide bonds. The van der Waals surface area contributed by atoms with Crippen molar-refractivity contribution in [2.75, 3.05) is 13.3 Å². The number of carbonyl (C=O) groups excluding carboxylic acids is 1. The molecule has 0 saturated carbocycles. The van der Waals surface area contributed by atoms with Crippen molar-refractivity contribution >= 4 is 17.7 Å². The second-order valence-corrected chi connectivity index (χ2v) is 6.22. The number of imidazole rings is 1. The van der Waals surface area contributed by atoms with Crippen molar-refractivity contribution in [3.8, 4) is 5.69 Å². The van der Waals surface area contributed by atoms with Crippen LogP contribution in [0.5, 0.6) is 0 Å². The minimum atomic E-state index is -0.0986. The standard InChI is InChI=1S/C17H19N5O2S/c1-4-14-19-15(24-20-14)11-21(2)16(23)12-5-7-13(8-6-12)22-10-9-18-17(22)25-3/h5-10H,4,11H2,1-3H3. The van der Waals surface area contributed by atoms with Crippen LogP contribution in [-0.4, -0.2) is 43.8 Å². The molecular weight excluding hydrogens is 338 g/mol. The van der Waals surface area contributed by atoms with Gasteiger partial charge in [-0.15, -0.1) is 0 Å². The highest BCUT2D eigenvalue weighted by atomic mass is 32.2. The highest BCUT2D eigenvalue weighted by molar-refractivity contribution is 7.98. The summed E-state index contributed by atoms with van der Waals surface area (Å²) in [4.78, 5) is 22.6. The molecule has 7 nitrogen and oxygen atoms in total. The third-order valence-electron chi connectivity index (χ3n) is 3.73. The lowest BCUT2D eigenvalue weighted by Crippen LogP contribution is -2.26. The number of benzene rings is 1. The molecule has 0 atom stereocenters. The number of aryl methyl sites for hydroxylation is 1. The van der Waals surface area contributed by atoms with Crippen LogP contribution < -0.4 is 0 Å². The minimum Gasteiger partial charge on any atom is -0.337 e. The van der Waals surface area contributed by atoms with Gasteiger partial charge in [-0.25, -0.2) is 4.98 Å². The van der Waals surface area contributed by atoms with Crippen LogP contribution in [0.4, 0.5) is 0 Å². The summed E-state index contributed by atoms with van der Waals surface area (Å²) in [7, 11) is 1.72. The Morgan fingerprint density at radius 1 is 1.32 bits per heavy atom. The SMILES string of the molecule is CCc1noc(CN(C)C(=O)c2ccc(-n3ccnc3SC)cc2)n1. The first-order valence-electron chi connectivity index (χ1n) is 7.87. The van der Waals surface area contributed by atoms with Gasteiger partial charge >= 0.3 is 0 Å². The molecule has 2 heterocycles. The van der Waals surface area contributed by atoms with Gasteiger partial charge in [0.1, 0.15) is 0 Å². The largest absolute Gasteiger partial charge is 0.337 e. The molecule has 0 fully saturated rings. The average molecular weight is 357 g/mol. The molecule has 0 bridgehead atoms. The Labute approximate surface area is 150 Å². The van der Waals surface area contributed by atoms with Crippen molar-refractivity contribution in [2.45, 2.75) is 25.0 Å². The van der Waals surface area contributed by atoms with Gasteiger partial charge in [-0.2, -0.15) is 4.98 Å². The molecule has 0 radical (unpaired) electrons. The van der Waals surface area contributed by atoms with E-state index in [1.165, 1.54) is 0 Å². The van der Waals surface area contributed by atoms with E-state index in [4.69, 9.17) is 4.52 Å². The van der Waals surface area contributed by atoms with E-state index in [9.17, 15) is 4.79 Å². The van der Waals surface area contributed by atoms with Crippen LogP contribution in [0.2, 0.25) is 0 Å². The first-order chi connectivity index (χ1) is 12.1. The second kappa shape index (κ2) is 7.52. The van der Waals surface area contributed by atoms with Crippen LogP contribution in [-0.2, 0) is 13.0 Å². The zero-order valence-electron chi connectivity index (χ0n) is 14.3. The molecule has 0 unspecified atom stereocenters. The third kappa shape index (κ3) is 3.74. The summed E-state index contributed by atoms with van der Waals surface area (Å²) in [5.74, 6) is 0.982. The van der Waals surface area contributed by atoms with Crippen molar-refractivity contribution < 1.29 is 9.32 Å². The summed E-state index contributed by atoms with van der Waals surface area (Å²) in [6.45, 7) is 2.24. The fraction of sp³-hybridized carbons (Fsp3) is 0.294. The van der Waals surface area contributed by atoms with Gasteiger partial charge in [-0.1, -0.05) is 23.8 Å². The van der Waals surface area contributed by atoms with Crippen molar-refractivity contribution in [3.05, 3.63) is 53.9 Å². The highest BCUT2D eigenvalue weighted by Crippen LogP contribution is 2.19. The highest BCUT2D eigenvalue weighted by Gasteiger charge is 2.15. The molecule has 3 rings (SSSR count). The predicted octanol–water partition coefficient (Wildman–Crippen LogP) is 2.81. The van der Waals surface area contributed by atoms with E-state index in [0.717, 1.165) is 10.8 Å². The first-order valence-corrected chi connectivity index (χ1v) is 9.09. The normalized spacial score (nSPS) is 10.8. The van der Waals surface area contributed by atoms with E-state index in [0.29, 0.717) is 23.7 Å². The molecule has 0 aliphatic rings. The summed E-state index contributed by atoms with van der Waals surface area (Å²) in [5.41, 5.74) is 1.57. The van der Waals surface area contributed by atoms with E-state index in [1.807, 2.05) is 48.2 Å². The Bertz CT molecular complexity index is 856. The maximum Gasteiger partial charge on any atom is 0.254 e. The quantitative estimate of drug-likeness (QED) is 0.631. The number of hydrogen-bond donors (Lipinski definition) is 0. The third-order valence-corrected chi connectivity index (χ3v) is 4.39. The van der Waals surface area contributed by atoms with Gasteiger partial charge < -0.3 is 9.42 Å². The number of carbonyl (C=O) groups is 1. The molecule has 0 N–H and O–H groups in total. The van der Waals surface area contributed by atoms with Gasteiger partial charge in [0, 0.05) is 37.1 Å². The van der Waals surface area contributed by atoms with E-state index >= 15 is 0 Å². The fourth-order valence-electron chi connectivity index (χ4n) is 2.39. The Balaban J connectivity index is 1.71. The lowest BCUT2D eigenvalue weighted by atomic mass is 10.2. The van der Waals surface area contributed by atoms with Gasteiger partial charge in [-0.05, 0) is 30.5 Å². The average Bonchev–Trinajstić information content (AvgIpc) is 3.30. The summed E-state index contributed by atoms with van der Waals surface area (Å²) < 4.78 is 7.12. The Morgan fingerprint density at radius 3 is 2.72 bits per heavy atom. The number of nitrogens with zero attached hydrogens (tertiary/aromatic N) is 5. The zero-order chi connectivity index (χ0) is 17.8. The van der Waals surface area contributed by atoms with Crippen molar-refractivity contribution in [2.24, 2.45) is 0 Å². The van der Waals surface area contributed by atoms with E-state index in [1.54, 1.807) is 29.9 Å². The smallest absolute Gasteiger partial charge is 0.254 e. The lowest BCUT2D eigenvalue weighted by molar-refractivity contribution is 0.0769. The monoisotopic (exact) mass is 357 g/mol. The Morgan fingerprint density at radius 2 is 2.08 bits per heavy atom. The Kier molecular flexibility index (Phi) is 5.18. The zero-order valence-corrected chi connectivity index (χ0v) is 15.2. The molecule has 0 saturated heterocycles. The molecule has 1 aromatic carbocycles. The van der Waals surface area contributed by atoms with Crippen LogP contribution in [0.3, 0.4) is 0 Å². The summed E-state index contributed by atoms with van der Waals surface area (Å²) in [6, 6.07) is 7.43. The van der Waals surface area contributed by atoms with Crippen LogP contribution in [0.15, 0.2) is 46.3 Å². The molecular formula is C17H19N5O2S. The lowest BCUT2D eigenvalue weighted by Gasteiger charge is -2.15. The fourth-order valence-corrected chi connectivity index (χ4v) is 2.92. The van der Waals surface area contributed by atoms with Crippen molar-refractivity contribution in [1.82, 2.24) is 24.6 Å². The van der Waals surface area contributed by atoms with Gasteiger partial charge in [-0.3, -0.25) is 9.36 Å². The van der Waals surface area contributed by atoms with Gasteiger partial charge in [0.2, 0.25) is 5.89 Å². The van der Waals surface area contributed by atoms with E-state index in [2.05, 4.69) is 15.1 Å². The van der Waals surface area contributed by atoms with Crippen molar-refractivity contribution in [3.63, 3.8) is 0 Å². The first kappa shape index (κ1) is 17.2. The number of amides is 1. The maximum atomic E-state index is 12.6. The number of aromatic nitrogens is 4. The second-order valence-electron chi connectivity index (χ2n) is 5.45. The topological polar surface area (TPSA) is 77.0 Å². The molecule has 0 aliphatic carbocycles. The summed E-state index contributed by atoms with van der Waals surface area (Å²) >= 11 is 1.57. The molecule has 25 heavy (non-hydrogen) atoms. The van der Waals surface area contributed by atoms with E-state index < -0.39 is 0 Å². The molecule has 2 aromatic heterocycles. The van der Waals surface area contributed by atoms with Gasteiger partial charge in [0.05, 0.1) is 6.54 Å². The van der Waals surface area contributed by atoms with Crippen LogP contribution >= 0.6 is 11.8 Å². The molecule has 130 valence electrons. The van der Waals surface area contributed by atoms with Gasteiger partial charge in [0.25, 0.3) is 5.91 Å².